The van der Waals surface area contributed by atoms with Crippen LogP contribution in [0.2, 0.25) is 37.8 Å². The van der Waals surface area contributed by atoms with Crippen LogP contribution in [0, 0.1) is 0 Å². The molecule has 0 fully saturated rings. The summed E-state index contributed by atoms with van der Waals surface area (Å²) in [6.07, 6.45) is -1.87. The Morgan fingerprint density at radius 3 is 1.58 bits per heavy atom. The average molecular weight is 329 g/mol. The quantitative estimate of drug-likeness (QED) is 0.536. The third-order valence-corrected chi connectivity index (χ3v) is 52.2. The monoisotopic (exact) mass is 328 g/mol. The van der Waals surface area contributed by atoms with Crippen LogP contribution in [-0.4, -0.2) is 21.6 Å². The van der Waals surface area contributed by atoms with Crippen LogP contribution in [-0.2, 0) is 0 Å². The Morgan fingerprint density at radius 1 is 0.842 bits per heavy atom. The highest BCUT2D eigenvalue weighted by molar-refractivity contribution is 7.85. The van der Waals surface area contributed by atoms with E-state index >= 15 is 0 Å². The normalized spacial score (nSPS) is 17.1. The predicted molar refractivity (Wildman–Crippen MR) is 98.2 cm³/mol. The van der Waals surface area contributed by atoms with Crippen LogP contribution in [0.3, 0.4) is 0 Å². The standard InChI is InChI=1S/C15H29ClSi3/c1-15(2,3)19(16,17(4,5)6)18(7,8)14-12-10-9-11-13-14/h9-13H,1-8H3. The molecule has 1 atom stereocenters. The second kappa shape index (κ2) is 5.17. The number of hydrogen-bond donors (Lipinski definition) is 0. The van der Waals surface area contributed by atoms with Crippen molar-refractivity contribution in [3.8, 4) is 0 Å². The summed E-state index contributed by atoms with van der Waals surface area (Å²) in [4.78, 5) is 0. The van der Waals surface area contributed by atoms with E-state index in [1.165, 1.54) is 5.19 Å². The molecule has 0 radical (unpaired) electrons. The lowest BCUT2D eigenvalue weighted by molar-refractivity contribution is 0.749. The van der Waals surface area contributed by atoms with Crippen molar-refractivity contribution in [2.24, 2.45) is 0 Å². The minimum atomic E-state index is -1.87. The van der Waals surface area contributed by atoms with Gasteiger partial charge in [-0.05, 0) is 5.04 Å². The van der Waals surface area contributed by atoms with Crippen molar-refractivity contribution < 1.29 is 0 Å². The number of hydrogen-bond acceptors (Lipinski definition) is 0. The van der Waals surface area contributed by atoms with Crippen LogP contribution in [0.5, 0.6) is 0 Å². The minimum Gasteiger partial charge on any atom is -0.173 e. The zero-order valence-corrected chi connectivity index (χ0v) is 17.5. The summed E-state index contributed by atoms with van der Waals surface area (Å²) in [5.41, 5.74) is 0. The summed E-state index contributed by atoms with van der Waals surface area (Å²) in [7, 11) is -3.04. The fourth-order valence-corrected chi connectivity index (χ4v) is 50.3. The lowest BCUT2D eigenvalue weighted by atomic mass is 10.3. The van der Waals surface area contributed by atoms with Crippen molar-refractivity contribution in [1.82, 2.24) is 0 Å². The van der Waals surface area contributed by atoms with E-state index in [9.17, 15) is 0 Å². The number of halogens is 1. The van der Waals surface area contributed by atoms with Gasteiger partial charge >= 0.3 is 0 Å². The van der Waals surface area contributed by atoms with Crippen molar-refractivity contribution in [3.63, 3.8) is 0 Å². The molecule has 1 unspecified atom stereocenters. The molecule has 1 aromatic carbocycles. The molecular formula is C15H29ClSi3. The molecule has 0 amide bonds. The van der Waals surface area contributed by atoms with Gasteiger partial charge in [0.2, 0.25) is 0 Å². The highest BCUT2D eigenvalue weighted by Gasteiger charge is 2.62. The number of rotatable bonds is 3. The Balaban J connectivity index is 3.51. The van der Waals surface area contributed by atoms with Crippen molar-refractivity contribution in [2.45, 2.75) is 58.5 Å². The molecule has 0 aliphatic carbocycles. The average Bonchev–Trinajstić information content (AvgIpc) is 2.26. The first-order valence-electron chi connectivity index (χ1n) is 7.10. The molecule has 0 nitrogen and oxygen atoms in total. The molecule has 0 N–H and O–H groups in total. The summed E-state index contributed by atoms with van der Waals surface area (Å²) >= 11 is 7.58. The Bertz CT molecular complexity index is 413. The van der Waals surface area contributed by atoms with E-state index in [-0.39, 0.29) is 5.04 Å². The Labute approximate surface area is 126 Å². The van der Waals surface area contributed by atoms with E-state index in [0.717, 1.165) is 0 Å². The lowest BCUT2D eigenvalue weighted by Gasteiger charge is -2.54. The first-order chi connectivity index (χ1) is 8.36. The Morgan fingerprint density at radius 2 is 1.26 bits per heavy atom. The topological polar surface area (TPSA) is 0 Å². The zero-order chi connectivity index (χ0) is 15.1. The SMILES string of the molecule is CC(C)(C)[Si](Cl)([Si](C)(C)C)[Si](C)(C)c1ccccc1. The molecule has 0 aliphatic rings. The molecule has 19 heavy (non-hydrogen) atoms. The molecule has 0 spiro atoms. The molecule has 0 aliphatic heterocycles. The molecule has 4 heteroatoms. The molecule has 0 aromatic heterocycles. The van der Waals surface area contributed by atoms with Crippen LogP contribution in [0.15, 0.2) is 30.3 Å². The molecule has 0 heterocycles. The summed E-state index contributed by atoms with van der Waals surface area (Å²) in [6, 6.07) is 11.1. The van der Waals surface area contributed by atoms with Crippen LogP contribution in [0.25, 0.3) is 0 Å². The molecule has 108 valence electrons. The lowest BCUT2D eigenvalue weighted by Crippen LogP contribution is -2.77. The van der Waals surface area contributed by atoms with Crippen LogP contribution in [0.1, 0.15) is 20.8 Å². The minimum absolute atomic E-state index is 0.255. The van der Waals surface area contributed by atoms with Gasteiger partial charge in [-0.1, -0.05) is 89.0 Å². The van der Waals surface area contributed by atoms with E-state index in [1.54, 1.807) is 0 Å². The van der Waals surface area contributed by atoms with E-state index in [2.05, 4.69) is 83.8 Å². The van der Waals surface area contributed by atoms with E-state index in [4.69, 9.17) is 11.1 Å². The van der Waals surface area contributed by atoms with Gasteiger partial charge in [-0.3, -0.25) is 0 Å². The van der Waals surface area contributed by atoms with Crippen molar-refractivity contribution in [1.29, 1.82) is 0 Å². The van der Waals surface area contributed by atoms with Crippen LogP contribution in [0.4, 0.5) is 0 Å². The van der Waals surface area contributed by atoms with Crippen molar-refractivity contribution in [2.75, 3.05) is 0 Å². The summed E-state index contributed by atoms with van der Waals surface area (Å²) < 4.78 is 0. The molecule has 0 saturated heterocycles. The fraction of sp³-hybridized carbons (Fsp3) is 0.600. The first-order valence-corrected chi connectivity index (χ1v) is 18.6. The third-order valence-electron chi connectivity index (χ3n) is 4.42. The van der Waals surface area contributed by atoms with Gasteiger partial charge in [0, 0.05) is 0 Å². The van der Waals surface area contributed by atoms with Gasteiger partial charge in [0.25, 0.3) is 0 Å². The van der Waals surface area contributed by atoms with Gasteiger partial charge in [-0.15, -0.1) is 0 Å². The Kier molecular flexibility index (Phi) is 4.68. The maximum atomic E-state index is 7.58. The Hall–Kier alpha value is 0.161. The van der Waals surface area contributed by atoms with E-state index < -0.39 is 21.6 Å². The van der Waals surface area contributed by atoms with Crippen LogP contribution < -0.4 is 5.19 Å². The molecule has 1 rings (SSSR count). The predicted octanol–water partition coefficient (Wildman–Crippen LogP) is 5.08. The fourth-order valence-electron chi connectivity index (χ4n) is 4.05. The van der Waals surface area contributed by atoms with Gasteiger partial charge in [0.1, 0.15) is 6.42 Å². The van der Waals surface area contributed by atoms with Crippen LogP contribution >= 0.6 is 11.1 Å². The highest BCUT2D eigenvalue weighted by atomic mass is 35.6. The molecular weight excluding hydrogens is 300 g/mol. The molecule has 1 aromatic rings. The zero-order valence-electron chi connectivity index (χ0n) is 13.8. The number of benzene rings is 1. The van der Waals surface area contributed by atoms with Gasteiger partial charge in [0.05, 0.1) is 15.2 Å². The maximum absolute atomic E-state index is 7.58. The summed E-state index contributed by atoms with van der Waals surface area (Å²) in [5, 5.41) is 1.79. The van der Waals surface area contributed by atoms with E-state index in [1.807, 2.05) is 0 Å². The van der Waals surface area contributed by atoms with Gasteiger partial charge in [-0.25, -0.2) is 0 Å². The second-order valence-corrected chi connectivity index (χ2v) is 37.1. The second-order valence-electron chi connectivity index (χ2n) is 8.15. The van der Waals surface area contributed by atoms with Gasteiger partial charge in [0.15, 0.2) is 0 Å². The summed E-state index contributed by atoms with van der Waals surface area (Å²) in [6.45, 7) is 19.6. The van der Waals surface area contributed by atoms with E-state index in [0.29, 0.717) is 0 Å². The van der Waals surface area contributed by atoms with Crippen molar-refractivity contribution >= 4 is 37.9 Å². The van der Waals surface area contributed by atoms with Crippen molar-refractivity contribution in [3.05, 3.63) is 30.3 Å². The maximum Gasteiger partial charge on any atom is 0.148 e. The van der Waals surface area contributed by atoms with Gasteiger partial charge in [-0.2, -0.15) is 11.1 Å². The largest absolute Gasteiger partial charge is 0.173 e. The first kappa shape index (κ1) is 17.2. The van der Waals surface area contributed by atoms with Gasteiger partial charge < -0.3 is 0 Å². The molecule has 0 bridgehead atoms. The third kappa shape index (κ3) is 2.80. The summed E-state index contributed by atoms with van der Waals surface area (Å²) in [5.74, 6) is 0. The smallest absolute Gasteiger partial charge is 0.148 e. The highest BCUT2D eigenvalue weighted by Crippen LogP contribution is 2.49. The molecule has 0 saturated carbocycles.